The number of carbonyl (C=O) groups is 2. The number of hydrogen-bond acceptors (Lipinski definition) is 5. The van der Waals surface area contributed by atoms with Crippen LogP contribution in [0.1, 0.15) is 47.6 Å². The zero-order valence-electron chi connectivity index (χ0n) is 16.8. The van der Waals surface area contributed by atoms with Crippen LogP contribution >= 0.6 is 0 Å². The first-order chi connectivity index (χ1) is 14.6. The van der Waals surface area contributed by atoms with E-state index in [1.807, 2.05) is 29.2 Å². The molecule has 0 unspecified atom stereocenters. The zero-order chi connectivity index (χ0) is 20.7. The van der Waals surface area contributed by atoms with E-state index in [1.165, 1.54) is 0 Å². The lowest BCUT2D eigenvalue weighted by molar-refractivity contribution is -0.120. The van der Waals surface area contributed by atoms with Crippen molar-refractivity contribution in [2.24, 2.45) is 0 Å². The Labute approximate surface area is 174 Å². The lowest BCUT2D eigenvalue weighted by Gasteiger charge is -2.48. The Morgan fingerprint density at radius 1 is 1.13 bits per heavy atom. The SMILES string of the molecule is COc1ccc([C@H]2N(C(=O)c3ccc4c(c3)OCO4)CCC[C@]23CCC(=O)N3)cc1. The van der Waals surface area contributed by atoms with Crippen molar-refractivity contribution in [3.8, 4) is 17.2 Å². The quantitative estimate of drug-likeness (QED) is 0.845. The molecule has 2 amide bonds. The van der Waals surface area contributed by atoms with Crippen LogP contribution in [0.15, 0.2) is 42.5 Å². The minimum atomic E-state index is -0.448. The second-order valence-corrected chi connectivity index (χ2v) is 8.05. The smallest absolute Gasteiger partial charge is 0.254 e. The number of nitrogens with one attached hydrogen (secondary N) is 1. The van der Waals surface area contributed by atoms with Gasteiger partial charge in [-0.2, -0.15) is 0 Å². The van der Waals surface area contributed by atoms with Crippen molar-refractivity contribution in [1.82, 2.24) is 10.2 Å². The molecule has 3 aliphatic rings. The van der Waals surface area contributed by atoms with E-state index >= 15 is 0 Å². The van der Waals surface area contributed by atoms with Gasteiger partial charge in [0.2, 0.25) is 12.7 Å². The van der Waals surface area contributed by atoms with E-state index in [2.05, 4.69) is 5.32 Å². The summed E-state index contributed by atoms with van der Waals surface area (Å²) >= 11 is 0. The van der Waals surface area contributed by atoms with Gasteiger partial charge in [-0.25, -0.2) is 0 Å². The van der Waals surface area contributed by atoms with Crippen LogP contribution < -0.4 is 19.5 Å². The first-order valence-corrected chi connectivity index (χ1v) is 10.3. The number of rotatable bonds is 3. The fraction of sp³-hybridized carbons (Fsp3) is 0.391. The average Bonchev–Trinajstić information content (AvgIpc) is 3.39. The minimum absolute atomic E-state index is 0.0471. The van der Waals surface area contributed by atoms with Crippen molar-refractivity contribution in [1.29, 1.82) is 0 Å². The summed E-state index contributed by atoms with van der Waals surface area (Å²) in [6, 6.07) is 12.8. The molecule has 2 aromatic rings. The minimum Gasteiger partial charge on any atom is -0.497 e. The Morgan fingerprint density at radius 3 is 2.67 bits per heavy atom. The Morgan fingerprint density at radius 2 is 1.93 bits per heavy atom. The van der Waals surface area contributed by atoms with Gasteiger partial charge in [0, 0.05) is 18.5 Å². The summed E-state index contributed by atoms with van der Waals surface area (Å²) in [5, 5.41) is 3.22. The van der Waals surface area contributed by atoms with Crippen LogP contribution in [0.2, 0.25) is 0 Å². The van der Waals surface area contributed by atoms with Crippen LogP contribution in [0.3, 0.4) is 0 Å². The van der Waals surface area contributed by atoms with Gasteiger partial charge in [0.1, 0.15) is 5.75 Å². The molecule has 7 nitrogen and oxygen atoms in total. The molecule has 7 heteroatoms. The van der Waals surface area contributed by atoms with Crippen molar-refractivity contribution in [2.45, 2.75) is 37.3 Å². The molecular weight excluding hydrogens is 384 g/mol. The third-order valence-electron chi connectivity index (χ3n) is 6.36. The summed E-state index contributed by atoms with van der Waals surface area (Å²) in [5.74, 6) is 1.96. The number of benzene rings is 2. The van der Waals surface area contributed by atoms with Crippen molar-refractivity contribution in [2.75, 3.05) is 20.4 Å². The van der Waals surface area contributed by atoms with E-state index in [4.69, 9.17) is 14.2 Å². The molecule has 0 aliphatic carbocycles. The first kappa shape index (κ1) is 18.8. The molecule has 1 N–H and O–H groups in total. The first-order valence-electron chi connectivity index (χ1n) is 10.3. The third kappa shape index (κ3) is 3.05. The highest BCUT2D eigenvalue weighted by molar-refractivity contribution is 5.95. The molecule has 5 rings (SSSR count). The third-order valence-corrected chi connectivity index (χ3v) is 6.36. The van der Waals surface area contributed by atoms with E-state index in [0.717, 1.165) is 24.2 Å². The van der Waals surface area contributed by atoms with Crippen LogP contribution in [-0.4, -0.2) is 42.7 Å². The van der Waals surface area contributed by atoms with E-state index in [-0.39, 0.29) is 24.6 Å². The molecule has 3 aliphatic heterocycles. The lowest BCUT2D eigenvalue weighted by Crippen LogP contribution is -2.58. The molecule has 2 fully saturated rings. The van der Waals surface area contributed by atoms with Gasteiger partial charge in [0.05, 0.1) is 18.7 Å². The van der Waals surface area contributed by atoms with Crippen molar-refractivity contribution >= 4 is 11.8 Å². The van der Waals surface area contributed by atoms with Gasteiger partial charge in [-0.05, 0) is 55.2 Å². The maximum Gasteiger partial charge on any atom is 0.254 e. The molecule has 3 heterocycles. The van der Waals surface area contributed by atoms with Crippen LogP contribution in [0, 0.1) is 0 Å². The average molecular weight is 408 g/mol. The molecule has 1 spiro atoms. The molecule has 2 aromatic carbocycles. The summed E-state index contributed by atoms with van der Waals surface area (Å²) in [6.07, 6.45) is 2.88. The fourth-order valence-corrected chi connectivity index (χ4v) is 4.96. The number of likely N-dealkylation sites (tertiary alicyclic amines) is 1. The van der Waals surface area contributed by atoms with E-state index < -0.39 is 5.54 Å². The van der Waals surface area contributed by atoms with Gasteiger partial charge in [-0.1, -0.05) is 12.1 Å². The molecule has 0 bridgehead atoms. The maximum atomic E-state index is 13.6. The van der Waals surface area contributed by atoms with E-state index in [9.17, 15) is 9.59 Å². The van der Waals surface area contributed by atoms with Gasteiger partial charge in [0.25, 0.3) is 5.91 Å². The summed E-state index contributed by atoms with van der Waals surface area (Å²) in [7, 11) is 1.63. The van der Waals surface area contributed by atoms with Gasteiger partial charge in [0.15, 0.2) is 11.5 Å². The van der Waals surface area contributed by atoms with Crippen LogP contribution in [0.25, 0.3) is 0 Å². The number of methoxy groups -OCH3 is 1. The number of ether oxygens (including phenoxy) is 3. The lowest BCUT2D eigenvalue weighted by atomic mass is 9.76. The topological polar surface area (TPSA) is 77.1 Å². The molecule has 156 valence electrons. The molecule has 2 saturated heterocycles. The number of hydrogen-bond donors (Lipinski definition) is 1. The van der Waals surface area contributed by atoms with Gasteiger partial charge < -0.3 is 24.4 Å². The normalized spacial score (nSPS) is 24.8. The van der Waals surface area contributed by atoms with Crippen LogP contribution in [0.5, 0.6) is 17.2 Å². The number of piperidine rings is 1. The van der Waals surface area contributed by atoms with Gasteiger partial charge >= 0.3 is 0 Å². The predicted molar refractivity (Wildman–Crippen MR) is 109 cm³/mol. The van der Waals surface area contributed by atoms with Crippen molar-refractivity contribution in [3.63, 3.8) is 0 Å². The molecule has 0 radical (unpaired) electrons. The highest BCUT2D eigenvalue weighted by Gasteiger charge is 2.50. The highest BCUT2D eigenvalue weighted by Crippen LogP contribution is 2.45. The molecule has 0 aromatic heterocycles. The van der Waals surface area contributed by atoms with Crippen LogP contribution in [-0.2, 0) is 4.79 Å². The fourth-order valence-electron chi connectivity index (χ4n) is 4.96. The van der Waals surface area contributed by atoms with Crippen molar-refractivity contribution < 1.29 is 23.8 Å². The Hall–Kier alpha value is -3.22. The molecule has 2 atom stereocenters. The predicted octanol–water partition coefficient (Wildman–Crippen LogP) is 3.05. The van der Waals surface area contributed by atoms with E-state index in [1.54, 1.807) is 25.3 Å². The van der Waals surface area contributed by atoms with Crippen molar-refractivity contribution in [3.05, 3.63) is 53.6 Å². The number of nitrogens with zero attached hydrogens (tertiary/aromatic N) is 1. The summed E-state index contributed by atoms with van der Waals surface area (Å²) < 4.78 is 16.1. The molecular formula is C23H24N2O5. The summed E-state index contributed by atoms with van der Waals surface area (Å²) in [5.41, 5.74) is 1.10. The van der Waals surface area contributed by atoms with Crippen LogP contribution in [0.4, 0.5) is 0 Å². The van der Waals surface area contributed by atoms with E-state index in [0.29, 0.717) is 36.4 Å². The Bertz CT molecular complexity index is 990. The van der Waals surface area contributed by atoms with Gasteiger partial charge in [-0.15, -0.1) is 0 Å². The standard InChI is InChI=1S/C23H24N2O5/c1-28-17-6-3-15(4-7-17)21-23(11-9-20(26)24-23)10-2-12-25(21)22(27)16-5-8-18-19(13-16)30-14-29-18/h3-8,13,21H,2,9-12,14H2,1H3,(H,24,26)/t21-,23+/m1/s1. The summed E-state index contributed by atoms with van der Waals surface area (Å²) in [6.45, 7) is 0.794. The highest BCUT2D eigenvalue weighted by atomic mass is 16.7. The Balaban J connectivity index is 1.54. The number of carbonyl (C=O) groups excluding carboxylic acids is 2. The second-order valence-electron chi connectivity index (χ2n) is 8.05. The molecule has 0 saturated carbocycles. The molecule has 30 heavy (non-hydrogen) atoms. The number of amides is 2. The largest absolute Gasteiger partial charge is 0.497 e. The van der Waals surface area contributed by atoms with Gasteiger partial charge in [-0.3, -0.25) is 9.59 Å². The Kier molecular flexibility index (Phi) is 4.53. The number of fused-ring (bicyclic) bond motifs is 1. The maximum absolute atomic E-state index is 13.6. The second kappa shape index (κ2) is 7.23. The monoisotopic (exact) mass is 408 g/mol. The zero-order valence-corrected chi connectivity index (χ0v) is 16.8. The summed E-state index contributed by atoms with van der Waals surface area (Å²) in [4.78, 5) is 27.7.